The zero-order valence-corrected chi connectivity index (χ0v) is 19.8. The highest BCUT2D eigenvalue weighted by molar-refractivity contribution is 5.88. The normalized spacial score (nSPS) is 18.7. The third kappa shape index (κ3) is 6.18. The zero-order chi connectivity index (χ0) is 22.3. The average Bonchev–Trinajstić information content (AvgIpc) is 3.54. The Hall–Kier alpha value is -2.31. The molecule has 0 radical (unpaired) electrons. The molecule has 2 aromatic rings. The molecule has 2 fully saturated rings. The lowest BCUT2D eigenvalue weighted by Gasteiger charge is -2.22. The summed E-state index contributed by atoms with van der Waals surface area (Å²) in [5.41, 5.74) is 4.78. The summed E-state index contributed by atoms with van der Waals surface area (Å²) in [5.74, 6) is 2.69. The summed E-state index contributed by atoms with van der Waals surface area (Å²) in [7, 11) is 0. The molecule has 6 heteroatoms. The highest BCUT2D eigenvalue weighted by Crippen LogP contribution is 2.28. The Morgan fingerprint density at radius 3 is 2.88 bits per heavy atom. The van der Waals surface area contributed by atoms with Crippen molar-refractivity contribution >= 4 is 6.21 Å². The van der Waals surface area contributed by atoms with Gasteiger partial charge >= 0.3 is 0 Å². The number of likely N-dealkylation sites (tertiary alicyclic amines) is 1. The Morgan fingerprint density at radius 1 is 1.12 bits per heavy atom. The minimum Gasteiger partial charge on any atom is -0.493 e. The molecule has 0 saturated carbocycles. The minimum atomic E-state index is 0.735. The van der Waals surface area contributed by atoms with Gasteiger partial charge in [-0.3, -0.25) is 4.99 Å². The van der Waals surface area contributed by atoms with Gasteiger partial charge in [0, 0.05) is 36.6 Å². The lowest BCUT2D eigenvalue weighted by atomic mass is 9.92. The van der Waals surface area contributed by atoms with Crippen LogP contribution in [0.15, 0.2) is 29.4 Å². The van der Waals surface area contributed by atoms with Gasteiger partial charge in [0.2, 0.25) is 0 Å². The van der Waals surface area contributed by atoms with Crippen LogP contribution in [-0.4, -0.2) is 60.4 Å². The summed E-state index contributed by atoms with van der Waals surface area (Å²) < 4.78 is 6.25. The fraction of sp³-hybridized carbons (Fsp3) is 0.593. The lowest BCUT2D eigenvalue weighted by molar-refractivity contribution is 0.263. The fourth-order valence-electron chi connectivity index (χ4n) is 5.33. The largest absolute Gasteiger partial charge is 0.493 e. The molecule has 0 aliphatic carbocycles. The molecule has 0 amide bonds. The van der Waals surface area contributed by atoms with Crippen molar-refractivity contribution in [2.24, 2.45) is 10.9 Å². The van der Waals surface area contributed by atoms with Gasteiger partial charge in [-0.15, -0.1) is 0 Å². The van der Waals surface area contributed by atoms with Gasteiger partial charge in [-0.25, -0.2) is 9.97 Å². The third-order valence-corrected chi connectivity index (χ3v) is 7.24. The Balaban J connectivity index is 1.19. The first-order chi connectivity index (χ1) is 16.3. The molecule has 3 aliphatic rings. The number of hydrogen-bond acceptors (Lipinski definition) is 6. The van der Waals surface area contributed by atoms with Crippen molar-refractivity contribution in [2.45, 2.75) is 57.9 Å². The van der Waals surface area contributed by atoms with Crippen LogP contribution >= 0.6 is 0 Å². The van der Waals surface area contributed by atoms with Crippen molar-refractivity contribution in [1.29, 1.82) is 0 Å². The summed E-state index contributed by atoms with van der Waals surface area (Å²) in [6.45, 7) is 7.43. The second-order valence-electron chi connectivity index (χ2n) is 9.76. The van der Waals surface area contributed by atoms with Crippen molar-refractivity contribution in [2.75, 3.05) is 39.3 Å². The Morgan fingerprint density at radius 2 is 2.00 bits per heavy atom. The van der Waals surface area contributed by atoms with E-state index in [0.717, 1.165) is 75.1 Å². The molecule has 0 spiro atoms. The van der Waals surface area contributed by atoms with E-state index >= 15 is 0 Å². The van der Waals surface area contributed by atoms with Crippen LogP contribution in [0.3, 0.4) is 0 Å². The van der Waals surface area contributed by atoms with E-state index in [9.17, 15) is 0 Å². The van der Waals surface area contributed by atoms with E-state index in [0.29, 0.717) is 0 Å². The topological polar surface area (TPSA) is 62.6 Å². The number of benzene rings is 1. The highest BCUT2D eigenvalue weighted by atomic mass is 16.5. The number of ether oxygens (including phenoxy) is 1. The summed E-state index contributed by atoms with van der Waals surface area (Å²) in [6, 6.07) is 6.51. The number of piperidine rings is 1. The van der Waals surface area contributed by atoms with Crippen LogP contribution in [0.25, 0.3) is 0 Å². The van der Waals surface area contributed by atoms with Crippen molar-refractivity contribution in [3.63, 3.8) is 0 Å². The SMILES string of the molecule is C1=NCc2cc(Cc3nccc(CCC4CCNCC4)n3)cc(OCCCN3CCCC3)c21. The van der Waals surface area contributed by atoms with E-state index in [2.05, 4.69) is 38.4 Å². The second kappa shape index (κ2) is 11.2. The average molecular weight is 448 g/mol. The van der Waals surface area contributed by atoms with Gasteiger partial charge in [-0.05, 0) is 100 Å². The molecule has 3 aliphatic heterocycles. The molecule has 33 heavy (non-hydrogen) atoms. The third-order valence-electron chi connectivity index (χ3n) is 7.24. The maximum atomic E-state index is 6.25. The molecule has 4 heterocycles. The van der Waals surface area contributed by atoms with Gasteiger partial charge in [0.25, 0.3) is 0 Å². The first kappa shape index (κ1) is 22.5. The van der Waals surface area contributed by atoms with Crippen LogP contribution in [0.1, 0.15) is 66.7 Å². The quantitative estimate of drug-likeness (QED) is 0.562. The van der Waals surface area contributed by atoms with Crippen LogP contribution in [0.5, 0.6) is 5.75 Å². The van der Waals surface area contributed by atoms with E-state index in [1.165, 1.54) is 62.0 Å². The van der Waals surface area contributed by atoms with Gasteiger partial charge in [-0.1, -0.05) is 6.07 Å². The van der Waals surface area contributed by atoms with E-state index in [1.807, 2.05) is 12.4 Å². The summed E-state index contributed by atoms with van der Waals surface area (Å²) in [5, 5.41) is 3.45. The summed E-state index contributed by atoms with van der Waals surface area (Å²) in [6.07, 6.45) is 13.2. The van der Waals surface area contributed by atoms with Crippen LogP contribution in [-0.2, 0) is 19.4 Å². The van der Waals surface area contributed by atoms with Gasteiger partial charge in [0.15, 0.2) is 0 Å². The highest BCUT2D eigenvalue weighted by Gasteiger charge is 2.17. The first-order valence-corrected chi connectivity index (χ1v) is 12.9. The Labute approximate surface area is 197 Å². The van der Waals surface area contributed by atoms with Crippen LogP contribution in [0.2, 0.25) is 0 Å². The minimum absolute atomic E-state index is 0.735. The molecule has 2 saturated heterocycles. The Bertz CT molecular complexity index is 948. The van der Waals surface area contributed by atoms with Gasteiger partial charge in [-0.2, -0.15) is 0 Å². The number of hydrogen-bond donors (Lipinski definition) is 1. The smallest absolute Gasteiger partial charge is 0.132 e. The zero-order valence-electron chi connectivity index (χ0n) is 19.8. The van der Waals surface area contributed by atoms with E-state index in [1.54, 1.807) is 0 Å². The molecule has 176 valence electrons. The molecule has 0 bridgehead atoms. The lowest BCUT2D eigenvalue weighted by Crippen LogP contribution is -2.27. The number of fused-ring (bicyclic) bond motifs is 1. The van der Waals surface area contributed by atoms with Gasteiger partial charge in [0.1, 0.15) is 11.6 Å². The first-order valence-electron chi connectivity index (χ1n) is 12.9. The van der Waals surface area contributed by atoms with Crippen LogP contribution in [0, 0.1) is 5.92 Å². The molecule has 6 nitrogen and oxygen atoms in total. The van der Waals surface area contributed by atoms with Gasteiger partial charge in [0.05, 0.1) is 13.2 Å². The molecule has 1 N–H and O–H groups in total. The Kier molecular flexibility index (Phi) is 7.64. The maximum absolute atomic E-state index is 6.25. The van der Waals surface area contributed by atoms with Crippen LogP contribution < -0.4 is 10.1 Å². The number of aliphatic imine (C=N–C) groups is 1. The predicted octanol–water partition coefficient (Wildman–Crippen LogP) is 3.80. The molecule has 5 rings (SSSR count). The fourth-order valence-corrected chi connectivity index (χ4v) is 5.33. The monoisotopic (exact) mass is 447 g/mol. The van der Waals surface area contributed by atoms with Crippen LogP contribution in [0.4, 0.5) is 0 Å². The molecule has 1 aromatic carbocycles. The summed E-state index contributed by atoms with van der Waals surface area (Å²) >= 11 is 0. The maximum Gasteiger partial charge on any atom is 0.132 e. The van der Waals surface area contributed by atoms with Gasteiger partial charge < -0.3 is 15.0 Å². The molecular formula is C27H37N5O. The van der Waals surface area contributed by atoms with Crippen molar-refractivity contribution in [3.8, 4) is 5.75 Å². The standard InChI is InChI=1S/C27H37N5O/c1-2-13-32(12-1)14-3-15-33-26-17-22(16-23-19-29-20-25(23)26)18-27-30-11-8-24(31-27)5-4-21-6-9-28-10-7-21/h8,11,16-17,20-21,28H,1-7,9-10,12-15,18-19H2. The van der Waals surface area contributed by atoms with Crippen molar-refractivity contribution in [3.05, 3.63) is 52.6 Å². The molecule has 0 unspecified atom stereocenters. The van der Waals surface area contributed by atoms with E-state index < -0.39 is 0 Å². The number of nitrogens with one attached hydrogen (secondary N) is 1. The molecule has 1 aromatic heterocycles. The molecular weight excluding hydrogens is 410 g/mol. The molecule has 0 atom stereocenters. The van der Waals surface area contributed by atoms with Crippen molar-refractivity contribution in [1.82, 2.24) is 20.2 Å². The number of aryl methyl sites for hydroxylation is 1. The second-order valence-corrected chi connectivity index (χ2v) is 9.76. The number of aromatic nitrogens is 2. The number of rotatable bonds is 10. The van der Waals surface area contributed by atoms with Crippen molar-refractivity contribution < 1.29 is 4.74 Å². The van der Waals surface area contributed by atoms with E-state index in [4.69, 9.17) is 9.72 Å². The predicted molar refractivity (Wildman–Crippen MR) is 132 cm³/mol. The van der Waals surface area contributed by atoms with E-state index in [-0.39, 0.29) is 0 Å². The summed E-state index contributed by atoms with van der Waals surface area (Å²) in [4.78, 5) is 16.5. The number of nitrogens with zero attached hydrogens (tertiary/aromatic N) is 4.